The summed E-state index contributed by atoms with van der Waals surface area (Å²) in [7, 11) is 0. The molecule has 0 aliphatic carbocycles. The third-order valence-electron chi connectivity index (χ3n) is 3.61. The summed E-state index contributed by atoms with van der Waals surface area (Å²) in [6.45, 7) is 2.62. The maximum Gasteiger partial charge on any atom is 0.257 e. The number of hydrogen-bond donors (Lipinski definition) is 2. The van der Waals surface area contributed by atoms with Gasteiger partial charge in [-0.2, -0.15) is 0 Å². The van der Waals surface area contributed by atoms with E-state index in [1.807, 2.05) is 43.3 Å². The van der Waals surface area contributed by atoms with E-state index in [9.17, 15) is 4.79 Å². The summed E-state index contributed by atoms with van der Waals surface area (Å²) in [5, 5.41) is 2.86. The number of nitrogens with zero attached hydrogens (tertiary/aromatic N) is 1. The summed E-state index contributed by atoms with van der Waals surface area (Å²) in [6, 6.07) is 13.7. The number of benzene rings is 2. The van der Waals surface area contributed by atoms with E-state index in [1.54, 1.807) is 6.33 Å². The van der Waals surface area contributed by atoms with Crippen molar-refractivity contribution in [1.29, 1.82) is 0 Å². The highest BCUT2D eigenvalue weighted by Gasteiger charge is 2.03. The monoisotopic (exact) mass is 309 g/mol. The normalized spacial score (nSPS) is 10.7. The van der Waals surface area contributed by atoms with Gasteiger partial charge in [-0.05, 0) is 43.2 Å². The van der Waals surface area contributed by atoms with Gasteiger partial charge in [0.2, 0.25) is 0 Å². The van der Waals surface area contributed by atoms with E-state index in [4.69, 9.17) is 4.74 Å². The SMILES string of the molecule is Cc1ccc(OCC(=O)NCCc2ccc3nc[nH]c3c2)cc1. The molecule has 0 bridgehead atoms. The Hall–Kier alpha value is -2.82. The van der Waals surface area contributed by atoms with Crippen molar-refractivity contribution in [1.82, 2.24) is 15.3 Å². The predicted molar refractivity (Wildman–Crippen MR) is 89.5 cm³/mol. The number of aromatic nitrogens is 2. The van der Waals surface area contributed by atoms with E-state index < -0.39 is 0 Å². The molecule has 0 radical (unpaired) electrons. The number of carbonyl (C=O) groups is 1. The van der Waals surface area contributed by atoms with E-state index in [1.165, 1.54) is 0 Å². The van der Waals surface area contributed by atoms with Crippen LogP contribution in [0.25, 0.3) is 11.0 Å². The van der Waals surface area contributed by atoms with Crippen LogP contribution >= 0.6 is 0 Å². The van der Waals surface area contributed by atoms with E-state index in [0.717, 1.165) is 28.6 Å². The van der Waals surface area contributed by atoms with Gasteiger partial charge < -0.3 is 15.0 Å². The highest BCUT2D eigenvalue weighted by molar-refractivity contribution is 5.77. The molecule has 118 valence electrons. The smallest absolute Gasteiger partial charge is 0.257 e. The van der Waals surface area contributed by atoms with Gasteiger partial charge in [-0.15, -0.1) is 0 Å². The minimum absolute atomic E-state index is 0.0304. The molecule has 0 unspecified atom stereocenters. The first-order valence-electron chi connectivity index (χ1n) is 7.59. The number of fused-ring (bicyclic) bond motifs is 1. The Labute approximate surface area is 134 Å². The third kappa shape index (κ3) is 4.10. The van der Waals surface area contributed by atoms with Crippen LogP contribution < -0.4 is 10.1 Å². The average Bonchev–Trinajstić information content (AvgIpc) is 3.02. The lowest BCUT2D eigenvalue weighted by Crippen LogP contribution is -2.30. The lowest BCUT2D eigenvalue weighted by Gasteiger charge is -2.08. The van der Waals surface area contributed by atoms with E-state index >= 15 is 0 Å². The van der Waals surface area contributed by atoms with Crippen LogP contribution in [0.2, 0.25) is 0 Å². The van der Waals surface area contributed by atoms with Crippen molar-refractivity contribution < 1.29 is 9.53 Å². The highest BCUT2D eigenvalue weighted by Crippen LogP contribution is 2.12. The van der Waals surface area contributed by atoms with Gasteiger partial charge in [-0.3, -0.25) is 4.79 Å². The second-order valence-corrected chi connectivity index (χ2v) is 5.46. The van der Waals surface area contributed by atoms with Crippen LogP contribution in [-0.4, -0.2) is 29.0 Å². The zero-order valence-electron chi connectivity index (χ0n) is 13.0. The van der Waals surface area contributed by atoms with Gasteiger partial charge in [0.1, 0.15) is 5.75 Å². The molecule has 5 heteroatoms. The number of imidazole rings is 1. The van der Waals surface area contributed by atoms with Crippen LogP contribution in [0.1, 0.15) is 11.1 Å². The zero-order chi connectivity index (χ0) is 16.1. The van der Waals surface area contributed by atoms with Gasteiger partial charge in [0.25, 0.3) is 5.91 Å². The number of rotatable bonds is 6. The van der Waals surface area contributed by atoms with Gasteiger partial charge in [-0.1, -0.05) is 23.8 Å². The van der Waals surface area contributed by atoms with Crippen molar-refractivity contribution >= 4 is 16.9 Å². The quantitative estimate of drug-likeness (QED) is 0.735. The van der Waals surface area contributed by atoms with Gasteiger partial charge in [0.15, 0.2) is 6.61 Å². The van der Waals surface area contributed by atoms with E-state index in [0.29, 0.717) is 12.3 Å². The van der Waals surface area contributed by atoms with Crippen molar-refractivity contribution in [2.45, 2.75) is 13.3 Å². The Morgan fingerprint density at radius 1 is 1.22 bits per heavy atom. The molecule has 1 amide bonds. The fourth-order valence-corrected chi connectivity index (χ4v) is 2.32. The largest absolute Gasteiger partial charge is 0.484 e. The lowest BCUT2D eigenvalue weighted by atomic mass is 10.1. The minimum Gasteiger partial charge on any atom is -0.484 e. The second-order valence-electron chi connectivity index (χ2n) is 5.46. The first-order chi connectivity index (χ1) is 11.2. The van der Waals surface area contributed by atoms with Crippen molar-refractivity contribution in [2.75, 3.05) is 13.2 Å². The molecule has 0 fully saturated rings. The summed E-state index contributed by atoms with van der Waals surface area (Å²) in [5.41, 5.74) is 4.28. The summed E-state index contributed by atoms with van der Waals surface area (Å²) in [5.74, 6) is 0.587. The molecule has 3 aromatic rings. The van der Waals surface area contributed by atoms with Crippen LogP contribution in [0.3, 0.4) is 0 Å². The number of carbonyl (C=O) groups excluding carboxylic acids is 1. The van der Waals surface area contributed by atoms with Crippen molar-refractivity contribution in [3.63, 3.8) is 0 Å². The molecule has 0 atom stereocenters. The van der Waals surface area contributed by atoms with Crippen LogP contribution in [0.5, 0.6) is 5.75 Å². The predicted octanol–water partition coefficient (Wildman–Crippen LogP) is 2.61. The summed E-state index contributed by atoms with van der Waals surface area (Å²) >= 11 is 0. The molecule has 5 nitrogen and oxygen atoms in total. The van der Waals surface area contributed by atoms with Gasteiger partial charge in [-0.25, -0.2) is 4.98 Å². The molecule has 1 heterocycles. The Kier molecular flexibility index (Phi) is 4.57. The average molecular weight is 309 g/mol. The number of ether oxygens (including phenoxy) is 1. The maximum atomic E-state index is 11.8. The topological polar surface area (TPSA) is 67.0 Å². The van der Waals surface area contributed by atoms with Crippen molar-refractivity contribution in [3.8, 4) is 5.75 Å². The van der Waals surface area contributed by atoms with E-state index in [2.05, 4.69) is 21.4 Å². The number of hydrogen-bond acceptors (Lipinski definition) is 3. The molecule has 3 rings (SSSR count). The van der Waals surface area contributed by atoms with Crippen molar-refractivity contribution in [2.24, 2.45) is 0 Å². The molecule has 1 aromatic heterocycles. The van der Waals surface area contributed by atoms with Crippen LogP contribution in [0, 0.1) is 6.92 Å². The molecule has 2 N–H and O–H groups in total. The van der Waals surface area contributed by atoms with Crippen LogP contribution in [0.15, 0.2) is 48.8 Å². The molecule has 0 aliphatic rings. The molecule has 0 aliphatic heterocycles. The molecule has 0 spiro atoms. The molecular weight excluding hydrogens is 290 g/mol. The molecule has 2 aromatic carbocycles. The maximum absolute atomic E-state index is 11.8. The Morgan fingerprint density at radius 3 is 2.87 bits per heavy atom. The number of nitrogens with one attached hydrogen (secondary N) is 2. The minimum atomic E-state index is -0.117. The van der Waals surface area contributed by atoms with Gasteiger partial charge in [0.05, 0.1) is 17.4 Å². The number of amides is 1. The molecular formula is C18H19N3O2. The highest BCUT2D eigenvalue weighted by atomic mass is 16.5. The number of aromatic amines is 1. The second kappa shape index (κ2) is 6.96. The lowest BCUT2D eigenvalue weighted by molar-refractivity contribution is -0.123. The van der Waals surface area contributed by atoms with Gasteiger partial charge >= 0.3 is 0 Å². The Bertz CT molecular complexity index is 793. The van der Waals surface area contributed by atoms with Crippen molar-refractivity contribution in [3.05, 3.63) is 59.9 Å². The van der Waals surface area contributed by atoms with Crippen LogP contribution in [0.4, 0.5) is 0 Å². The molecule has 0 saturated carbocycles. The standard InChI is InChI=1S/C18H19N3O2/c1-13-2-5-15(6-3-13)23-11-18(22)19-9-8-14-4-7-16-17(10-14)21-12-20-16/h2-7,10,12H,8-9,11H2,1H3,(H,19,22)(H,20,21). The Balaban J connectivity index is 1.42. The number of aryl methyl sites for hydroxylation is 1. The summed E-state index contributed by atoms with van der Waals surface area (Å²) in [4.78, 5) is 19.1. The number of H-pyrrole nitrogens is 1. The fraction of sp³-hybridized carbons (Fsp3) is 0.222. The summed E-state index contributed by atoms with van der Waals surface area (Å²) in [6.07, 6.45) is 2.45. The zero-order valence-corrected chi connectivity index (χ0v) is 13.0. The van der Waals surface area contributed by atoms with Gasteiger partial charge in [0, 0.05) is 6.54 Å². The third-order valence-corrected chi connectivity index (χ3v) is 3.61. The first kappa shape index (κ1) is 15.1. The molecule has 0 saturated heterocycles. The molecule has 23 heavy (non-hydrogen) atoms. The van der Waals surface area contributed by atoms with E-state index in [-0.39, 0.29) is 12.5 Å². The van der Waals surface area contributed by atoms with Crippen LogP contribution in [-0.2, 0) is 11.2 Å². The summed E-state index contributed by atoms with van der Waals surface area (Å²) < 4.78 is 5.45. The Morgan fingerprint density at radius 2 is 2.04 bits per heavy atom. The fourth-order valence-electron chi connectivity index (χ4n) is 2.32. The first-order valence-corrected chi connectivity index (χ1v) is 7.59.